The summed E-state index contributed by atoms with van der Waals surface area (Å²) < 4.78 is 5.60. The van der Waals surface area contributed by atoms with Crippen LogP contribution in [0.4, 0.5) is 0 Å². The number of fused-ring (bicyclic) bond motifs is 1. The zero-order valence-corrected chi connectivity index (χ0v) is 13.4. The van der Waals surface area contributed by atoms with E-state index in [-0.39, 0.29) is 19.0 Å². The first kappa shape index (κ1) is 15.8. The number of benzene rings is 1. The number of aliphatic carboxylic acids is 1. The van der Waals surface area contributed by atoms with Gasteiger partial charge in [-0.2, -0.15) is 0 Å². The van der Waals surface area contributed by atoms with Crippen LogP contribution < -0.4 is 4.74 Å². The Hall–Kier alpha value is -2.05. The molecule has 3 rings (SSSR count). The molecule has 120 valence electrons. The standard InChI is InChI=1S/C17H16O5S/c1-9-6-10-8-12-14(3-2-11(15(12)19)17(20)21)23-16(10)13(7-9)22-5-4-18/h2-3,6-7,11,18H,4-5,8H2,1H3,(H,20,21). The van der Waals surface area contributed by atoms with Gasteiger partial charge in [-0.05, 0) is 24.1 Å². The first-order chi connectivity index (χ1) is 11.0. The van der Waals surface area contributed by atoms with E-state index in [1.807, 2.05) is 19.1 Å². The van der Waals surface area contributed by atoms with Crippen LogP contribution in [-0.4, -0.2) is 35.2 Å². The third-order valence-corrected chi connectivity index (χ3v) is 5.06. The summed E-state index contributed by atoms with van der Waals surface area (Å²) in [5.74, 6) is -1.87. The van der Waals surface area contributed by atoms with Crippen molar-refractivity contribution in [2.45, 2.75) is 18.2 Å². The van der Waals surface area contributed by atoms with Gasteiger partial charge in [-0.3, -0.25) is 9.59 Å². The highest BCUT2D eigenvalue weighted by Gasteiger charge is 2.34. The summed E-state index contributed by atoms with van der Waals surface area (Å²) in [5, 5.41) is 18.1. The summed E-state index contributed by atoms with van der Waals surface area (Å²) in [6, 6.07) is 3.89. The number of ether oxygens (including phenoxy) is 1. The van der Waals surface area contributed by atoms with Crippen LogP contribution in [0.15, 0.2) is 39.7 Å². The number of ketones is 1. The van der Waals surface area contributed by atoms with Gasteiger partial charge in [0.05, 0.1) is 11.5 Å². The van der Waals surface area contributed by atoms with E-state index in [0.717, 1.165) is 20.9 Å². The quantitative estimate of drug-likeness (QED) is 0.822. The number of Topliss-reactive ketones (excluding diaryl/α,β-unsaturated/α-hetero) is 1. The second kappa shape index (κ2) is 6.22. The number of carboxylic acids is 1. The van der Waals surface area contributed by atoms with Crippen LogP contribution in [0, 0.1) is 12.8 Å². The monoisotopic (exact) mass is 332 g/mol. The van der Waals surface area contributed by atoms with Gasteiger partial charge in [-0.25, -0.2) is 0 Å². The van der Waals surface area contributed by atoms with Gasteiger partial charge in [0.1, 0.15) is 18.3 Å². The SMILES string of the molecule is Cc1cc2c(c(OCCO)c1)SC1=C(C2)C(=O)C(C(=O)O)C=C1. The Morgan fingerprint density at radius 3 is 2.91 bits per heavy atom. The van der Waals surface area contributed by atoms with Crippen molar-refractivity contribution in [2.24, 2.45) is 5.92 Å². The van der Waals surface area contributed by atoms with E-state index in [1.54, 1.807) is 6.08 Å². The molecule has 0 bridgehead atoms. The van der Waals surface area contributed by atoms with E-state index in [2.05, 4.69) is 0 Å². The fourth-order valence-electron chi connectivity index (χ4n) is 2.77. The average Bonchev–Trinajstić information content (AvgIpc) is 2.51. The normalized spacial score (nSPS) is 19.4. The van der Waals surface area contributed by atoms with E-state index in [9.17, 15) is 9.59 Å². The number of allylic oxidation sites excluding steroid dienone is 2. The van der Waals surface area contributed by atoms with Gasteiger partial charge < -0.3 is 14.9 Å². The molecule has 0 amide bonds. The summed E-state index contributed by atoms with van der Waals surface area (Å²) in [6.45, 7) is 2.07. The maximum Gasteiger partial charge on any atom is 0.318 e. The highest BCUT2D eigenvalue weighted by molar-refractivity contribution is 8.03. The van der Waals surface area contributed by atoms with Crippen LogP contribution >= 0.6 is 11.8 Å². The van der Waals surface area contributed by atoms with Gasteiger partial charge >= 0.3 is 5.97 Å². The maximum atomic E-state index is 12.4. The molecule has 0 radical (unpaired) electrons. The number of aliphatic hydroxyl groups is 1. The van der Waals surface area contributed by atoms with E-state index in [4.69, 9.17) is 14.9 Å². The van der Waals surface area contributed by atoms with Gasteiger partial charge in [0.25, 0.3) is 0 Å². The van der Waals surface area contributed by atoms with Crippen LogP contribution in [0.2, 0.25) is 0 Å². The Kier molecular flexibility index (Phi) is 4.28. The number of thioether (sulfide) groups is 1. The lowest BCUT2D eigenvalue weighted by molar-refractivity contribution is -0.143. The van der Waals surface area contributed by atoms with Gasteiger partial charge in [-0.15, -0.1) is 0 Å². The minimum Gasteiger partial charge on any atom is -0.490 e. The van der Waals surface area contributed by atoms with Crippen molar-refractivity contribution in [1.29, 1.82) is 0 Å². The first-order valence-electron chi connectivity index (χ1n) is 7.24. The summed E-state index contributed by atoms with van der Waals surface area (Å²) in [4.78, 5) is 25.3. The number of carbonyl (C=O) groups is 2. The van der Waals surface area contributed by atoms with Crippen molar-refractivity contribution in [3.8, 4) is 5.75 Å². The van der Waals surface area contributed by atoms with E-state index in [0.29, 0.717) is 17.7 Å². The zero-order chi connectivity index (χ0) is 16.6. The fraction of sp³-hybridized carbons (Fsp3) is 0.294. The third-order valence-electron chi connectivity index (χ3n) is 3.79. The predicted octanol–water partition coefficient (Wildman–Crippen LogP) is 2.11. The van der Waals surface area contributed by atoms with Crippen molar-refractivity contribution in [1.82, 2.24) is 0 Å². The molecule has 2 N–H and O–H groups in total. The smallest absolute Gasteiger partial charge is 0.318 e. The predicted molar refractivity (Wildman–Crippen MR) is 85.6 cm³/mol. The molecule has 0 fully saturated rings. The number of aliphatic hydroxyl groups excluding tert-OH is 1. The second-order valence-corrected chi connectivity index (χ2v) is 6.54. The van der Waals surface area contributed by atoms with Gasteiger partial charge in [0, 0.05) is 16.9 Å². The van der Waals surface area contributed by atoms with Crippen LogP contribution in [0.1, 0.15) is 11.1 Å². The molecule has 1 heterocycles. The Labute approximate surface area is 137 Å². The minimum absolute atomic E-state index is 0.0694. The molecule has 5 nitrogen and oxygen atoms in total. The number of hydrogen-bond donors (Lipinski definition) is 2. The van der Waals surface area contributed by atoms with Crippen molar-refractivity contribution in [3.05, 3.63) is 45.9 Å². The summed E-state index contributed by atoms with van der Waals surface area (Å²) >= 11 is 1.42. The number of rotatable bonds is 4. The lowest BCUT2D eigenvalue weighted by Gasteiger charge is -2.26. The summed E-state index contributed by atoms with van der Waals surface area (Å²) in [5.41, 5.74) is 2.50. The Balaban J connectivity index is 1.97. The lowest BCUT2D eigenvalue weighted by Crippen LogP contribution is -2.28. The van der Waals surface area contributed by atoms with Crippen molar-refractivity contribution >= 4 is 23.5 Å². The summed E-state index contributed by atoms with van der Waals surface area (Å²) in [6.07, 6.45) is 3.55. The van der Waals surface area contributed by atoms with Gasteiger partial charge in [0.2, 0.25) is 0 Å². The minimum atomic E-state index is -1.12. The molecule has 0 saturated carbocycles. The molecule has 0 spiro atoms. The van der Waals surface area contributed by atoms with Crippen molar-refractivity contribution in [3.63, 3.8) is 0 Å². The van der Waals surface area contributed by atoms with Gasteiger partial charge in [-0.1, -0.05) is 30.0 Å². The number of carboxylic acid groups (broad SMARTS) is 1. The molecule has 0 saturated heterocycles. The molecule has 2 aliphatic rings. The highest BCUT2D eigenvalue weighted by atomic mass is 32.2. The molecule has 0 aromatic heterocycles. The topological polar surface area (TPSA) is 83.8 Å². The molecule has 1 aromatic carbocycles. The largest absolute Gasteiger partial charge is 0.490 e. The molecule has 6 heteroatoms. The number of aryl methyl sites for hydroxylation is 1. The first-order valence-corrected chi connectivity index (χ1v) is 8.06. The van der Waals surface area contributed by atoms with Crippen molar-refractivity contribution < 1.29 is 24.5 Å². The molecular weight excluding hydrogens is 316 g/mol. The lowest BCUT2D eigenvalue weighted by atomic mass is 9.88. The highest BCUT2D eigenvalue weighted by Crippen LogP contribution is 2.46. The number of hydrogen-bond acceptors (Lipinski definition) is 5. The molecular formula is C17H16O5S. The van der Waals surface area contributed by atoms with Crippen molar-refractivity contribution in [2.75, 3.05) is 13.2 Å². The second-order valence-electron chi connectivity index (χ2n) is 5.48. The van der Waals surface area contributed by atoms with Crippen LogP contribution in [0.3, 0.4) is 0 Å². The average molecular weight is 332 g/mol. The molecule has 1 atom stereocenters. The molecule has 1 aliphatic carbocycles. The van der Waals surface area contributed by atoms with E-state index in [1.165, 1.54) is 17.8 Å². The van der Waals surface area contributed by atoms with E-state index < -0.39 is 11.9 Å². The van der Waals surface area contributed by atoms with Crippen LogP contribution in [-0.2, 0) is 16.0 Å². The number of carbonyl (C=O) groups excluding carboxylic acids is 1. The van der Waals surface area contributed by atoms with Crippen LogP contribution in [0.25, 0.3) is 0 Å². The molecule has 23 heavy (non-hydrogen) atoms. The molecule has 1 aliphatic heterocycles. The molecule has 1 aromatic rings. The zero-order valence-electron chi connectivity index (χ0n) is 12.5. The van der Waals surface area contributed by atoms with Gasteiger partial charge in [0.15, 0.2) is 5.78 Å². The summed E-state index contributed by atoms with van der Waals surface area (Å²) in [7, 11) is 0. The third kappa shape index (κ3) is 2.92. The Morgan fingerprint density at radius 1 is 1.43 bits per heavy atom. The maximum absolute atomic E-state index is 12.4. The fourth-order valence-corrected chi connectivity index (χ4v) is 3.91. The molecule has 1 unspecified atom stereocenters. The van der Waals surface area contributed by atoms with E-state index >= 15 is 0 Å². The van der Waals surface area contributed by atoms with Crippen LogP contribution in [0.5, 0.6) is 5.75 Å². The Morgan fingerprint density at radius 2 is 2.22 bits per heavy atom. The Bertz CT molecular complexity index is 748.